The Kier molecular flexibility index (Phi) is 4.88. The van der Waals surface area contributed by atoms with E-state index in [1.165, 1.54) is 11.1 Å². The molecule has 0 fully saturated rings. The molecule has 2 N–H and O–H groups in total. The summed E-state index contributed by atoms with van der Waals surface area (Å²) in [6, 6.07) is 6.47. The number of rotatable bonds is 4. The Hall–Kier alpha value is -1.55. The van der Waals surface area contributed by atoms with Gasteiger partial charge in [0.2, 0.25) is 5.91 Å². The number of nitrogens with one attached hydrogen (secondary N) is 2. The zero-order valence-electron chi connectivity index (χ0n) is 13.5. The highest BCUT2D eigenvalue weighted by atomic mass is 16.5. The Labute approximate surface area is 127 Å². The van der Waals surface area contributed by atoms with Crippen molar-refractivity contribution in [3.63, 3.8) is 0 Å². The summed E-state index contributed by atoms with van der Waals surface area (Å²) in [4.78, 5) is 11.9. The average Bonchev–Trinajstić information content (AvgIpc) is 2.42. The first-order valence-electron chi connectivity index (χ1n) is 7.60. The third-order valence-electron chi connectivity index (χ3n) is 3.69. The molecule has 0 saturated carbocycles. The molecule has 1 amide bonds. The number of ether oxygens (including phenoxy) is 1. The second-order valence-corrected chi connectivity index (χ2v) is 6.69. The molecule has 1 atom stereocenters. The predicted octanol–water partition coefficient (Wildman–Crippen LogP) is 2.58. The monoisotopic (exact) mass is 290 g/mol. The van der Waals surface area contributed by atoms with E-state index in [0.717, 1.165) is 25.0 Å². The Morgan fingerprint density at radius 1 is 1.38 bits per heavy atom. The first kappa shape index (κ1) is 15.8. The van der Waals surface area contributed by atoms with Crippen LogP contribution in [0.4, 0.5) is 0 Å². The van der Waals surface area contributed by atoms with Gasteiger partial charge in [-0.25, -0.2) is 0 Å². The molecule has 1 aliphatic carbocycles. The molecule has 1 aliphatic rings. The number of fused-ring (bicyclic) bond motifs is 1. The van der Waals surface area contributed by atoms with Crippen molar-refractivity contribution in [2.45, 2.75) is 51.6 Å². The summed E-state index contributed by atoms with van der Waals surface area (Å²) in [7, 11) is 1.68. The number of amides is 1. The number of benzene rings is 1. The van der Waals surface area contributed by atoms with E-state index in [4.69, 9.17) is 4.74 Å². The maximum absolute atomic E-state index is 11.9. The van der Waals surface area contributed by atoms with Gasteiger partial charge in [-0.15, -0.1) is 0 Å². The van der Waals surface area contributed by atoms with Crippen molar-refractivity contribution < 1.29 is 9.53 Å². The van der Waals surface area contributed by atoms with Crippen molar-refractivity contribution in [2.75, 3.05) is 13.7 Å². The second kappa shape index (κ2) is 6.48. The number of carbonyl (C=O) groups excluding carboxylic acids is 1. The number of aryl methyl sites for hydroxylation is 1. The van der Waals surface area contributed by atoms with Crippen LogP contribution in [0.5, 0.6) is 5.75 Å². The Morgan fingerprint density at radius 2 is 2.14 bits per heavy atom. The zero-order valence-corrected chi connectivity index (χ0v) is 13.5. The Morgan fingerprint density at radius 3 is 2.81 bits per heavy atom. The standard InChI is InChI=1S/C17H26N2O2/c1-17(2,3)19-16(20)11-18-15-7-5-6-12-8-9-13(21-4)10-14(12)15/h8-10,15,18H,5-7,11H2,1-4H3,(H,19,20). The van der Waals surface area contributed by atoms with E-state index in [1.54, 1.807) is 7.11 Å². The van der Waals surface area contributed by atoms with Crippen LogP contribution < -0.4 is 15.4 Å². The minimum absolute atomic E-state index is 0.0394. The fourth-order valence-electron chi connectivity index (χ4n) is 2.79. The van der Waals surface area contributed by atoms with Gasteiger partial charge in [-0.1, -0.05) is 6.07 Å². The summed E-state index contributed by atoms with van der Waals surface area (Å²) in [5.74, 6) is 0.916. The third kappa shape index (κ3) is 4.46. The van der Waals surface area contributed by atoms with Crippen molar-refractivity contribution in [3.8, 4) is 5.75 Å². The molecule has 0 aliphatic heterocycles. The van der Waals surface area contributed by atoms with Gasteiger partial charge < -0.3 is 15.4 Å². The van der Waals surface area contributed by atoms with Crippen LogP contribution in [0.25, 0.3) is 0 Å². The van der Waals surface area contributed by atoms with Crippen LogP contribution >= 0.6 is 0 Å². The number of hydrogen-bond acceptors (Lipinski definition) is 3. The minimum atomic E-state index is -0.188. The molecule has 1 aromatic carbocycles. The maximum atomic E-state index is 11.9. The zero-order chi connectivity index (χ0) is 15.5. The van der Waals surface area contributed by atoms with E-state index in [9.17, 15) is 4.79 Å². The van der Waals surface area contributed by atoms with Crippen LogP contribution in [0.1, 0.15) is 50.8 Å². The molecule has 0 aromatic heterocycles. The number of hydrogen-bond donors (Lipinski definition) is 2. The quantitative estimate of drug-likeness (QED) is 0.896. The summed E-state index contributed by atoms with van der Waals surface area (Å²) in [6.07, 6.45) is 3.31. The molecule has 1 aromatic rings. The lowest BCUT2D eigenvalue weighted by molar-refractivity contribution is -0.121. The molecule has 21 heavy (non-hydrogen) atoms. The summed E-state index contributed by atoms with van der Waals surface area (Å²) in [5, 5.41) is 6.36. The van der Waals surface area contributed by atoms with Crippen LogP contribution in [-0.4, -0.2) is 25.1 Å². The average molecular weight is 290 g/mol. The fourth-order valence-corrected chi connectivity index (χ4v) is 2.79. The van der Waals surface area contributed by atoms with Gasteiger partial charge in [0.1, 0.15) is 5.75 Å². The molecule has 1 unspecified atom stereocenters. The van der Waals surface area contributed by atoms with E-state index < -0.39 is 0 Å². The number of carbonyl (C=O) groups is 1. The fraction of sp³-hybridized carbons (Fsp3) is 0.588. The summed E-state index contributed by atoms with van der Waals surface area (Å²) >= 11 is 0. The third-order valence-corrected chi connectivity index (χ3v) is 3.69. The van der Waals surface area contributed by atoms with E-state index in [-0.39, 0.29) is 17.5 Å². The van der Waals surface area contributed by atoms with Gasteiger partial charge in [0.05, 0.1) is 13.7 Å². The van der Waals surface area contributed by atoms with Gasteiger partial charge >= 0.3 is 0 Å². The highest BCUT2D eigenvalue weighted by Crippen LogP contribution is 2.32. The SMILES string of the molecule is COc1ccc2c(c1)C(NCC(=O)NC(C)(C)C)CCC2. The molecule has 4 heteroatoms. The van der Waals surface area contributed by atoms with Crippen LogP contribution in [-0.2, 0) is 11.2 Å². The normalized spacial score (nSPS) is 18.0. The molecule has 4 nitrogen and oxygen atoms in total. The van der Waals surface area contributed by atoms with Crippen molar-refractivity contribution >= 4 is 5.91 Å². The largest absolute Gasteiger partial charge is 0.497 e. The smallest absolute Gasteiger partial charge is 0.234 e. The molecule has 0 saturated heterocycles. The highest BCUT2D eigenvalue weighted by Gasteiger charge is 2.22. The highest BCUT2D eigenvalue weighted by molar-refractivity contribution is 5.78. The van der Waals surface area contributed by atoms with E-state index in [1.807, 2.05) is 26.8 Å². The minimum Gasteiger partial charge on any atom is -0.497 e. The summed E-state index contributed by atoms with van der Waals surface area (Å²) in [5.41, 5.74) is 2.44. The van der Waals surface area contributed by atoms with Crippen molar-refractivity contribution in [2.24, 2.45) is 0 Å². The van der Waals surface area contributed by atoms with Crippen molar-refractivity contribution in [1.29, 1.82) is 0 Å². The Bertz CT molecular complexity index is 506. The topological polar surface area (TPSA) is 50.4 Å². The molecule has 0 spiro atoms. The maximum Gasteiger partial charge on any atom is 0.234 e. The van der Waals surface area contributed by atoms with Gasteiger partial charge in [0.15, 0.2) is 0 Å². The second-order valence-electron chi connectivity index (χ2n) is 6.69. The van der Waals surface area contributed by atoms with Gasteiger partial charge in [0.25, 0.3) is 0 Å². The van der Waals surface area contributed by atoms with Crippen molar-refractivity contribution in [3.05, 3.63) is 29.3 Å². The van der Waals surface area contributed by atoms with E-state index in [2.05, 4.69) is 22.8 Å². The van der Waals surface area contributed by atoms with Crippen LogP contribution in [0.2, 0.25) is 0 Å². The van der Waals surface area contributed by atoms with Crippen LogP contribution in [0.3, 0.4) is 0 Å². The molecular formula is C17H26N2O2. The predicted molar refractivity (Wildman–Crippen MR) is 84.6 cm³/mol. The van der Waals surface area contributed by atoms with Gasteiger partial charge in [-0.05, 0) is 63.3 Å². The summed E-state index contributed by atoms with van der Waals surface area (Å²) < 4.78 is 5.31. The molecule has 0 radical (unpaired) electrons. The first-order chi connectivity index (χ1) is 9.89. The van der Waals surface area contributed by atoms with E-state index in [0.29, 0.717) is 6.54 Å². The molecular weight excluding hydrogens is 264 g/mol. The van der Waals surface area contributed by atoms with Gasteiger partial charge in [0, 0.05) is 11.6 Å². The van der Waals surface area contributed by atoms with E-state index >= 15 is 0 Å². The van der Waals surface area contributed by atoms with Gasteiger partial charge in [-0.2, -0.15) is 0 Å². The van der Waals surface area contributed by atoms with Crippen LogP contribution in [0.15, 0.2) is 18.2 Å². The molecule has 0 bridgehead atoms. The van der Waals surface area contributed by atoms with Crippen LogP contribution in [0, 0.1) is 0 Å². The molecule has 116 valence electrons. The van der Waals surface area contributed by atoms with Gasteiger partial charge in [-0.3, -0.25) is 4.79 Å². The molecule has 0 heterocycles. The van der Waals surface area contributed by atoms with Crippen molar-refractivity contribution in [1.82, 2.24) is 10.6 Å². The lowest BCUT2D eigenvalue weighted by atomic mass is 9.87. The lowest BCUT2D eigenvalue weighted by Gasteiger charge is -2.27. The molecule has 2 rings (SSSR count). The summed E-state index contributed by atoms with van der Waals surface area (Å²) in [6.45, 7) is 6.32. The number of methoxy groups -OCH3 is 1. The first-order valence-corrected chi connectivity index (χ1v) is 7.60. The lowest BCUT2D eigenvalue weighted by Crippen LogP contribution is -2.45. The Balaban J connectivity index is 2.01.